The van der Waals surface area contributed by atoms with Crippen LogP contribution in [-0.2, 0) is 0 Å². The molecule has 1 amide bonds. The summed E-state index contributed by atoms with van der Waals surface area (Å²) >= 11 is 3.39. The summed E-state index contributed by atoms with van der Waals surface area (Å²) in [4.78, 5) is 16.2. The normalized spacial score (nSPS) is 15.3. The van der Waals surface area contributed by atoms with Crippen molar-refractivity contribution >= 4 is 27.5 Å². The molecule has 82 valence electrons. The topological polar surface area (TPSA) is 46.4 Å². The van der Waals surface area contributed by atoms with Gasteiger partial charge in [-0.25, -0.2) is 4.98 Å². The van der Waals surface area contributed by atoms with Gasteiger partial charge in [-0.15, -0.1) is 0 Å². The van der Waals surface area contributed by atoms with E-state index in [-0.39, 0.29) is 5.91 Å². The Hall–Kier alpha value is -1.36. The van der Waals surface area contributed by atoms with E-state index in [9.17, 15) is 4.79 Å². The van der Waals surface area contributed by atoms with Crippen LogP contribution in [0.4, 0.5) is 0 Å². The Morgan fingerprint density at radius 3 is 3.12 bits per heavy atom. The van der Waals surface area contributed by atoms with Gasteiger partial charge in [0.1, 0.15) is 5.65 Å². The number of fused-ring (bicyclic) bond motifs is 1. The van der Waals surface area contributed by atoms with Crippen molar-refractivity contribution in [3.63, 3.8) is 0 Å². The van der Waals surface area contributed by atoms with Crippen LogP contribution in [0, 0.1) is 0 Å². The summed E-state index contributed by atoms with van der Waals surface area (Å²) in [5.74, 6) is -0.0417. The van der Waals surface area contributed by atoms with Gasteiger partial charge in [-0.2, -0.15) is 0 Å². The van der Waals surface area contributed by atoms with Gasteiger partial charge in [0, 0.05) is 29.1 Å². The molecule has 2 aromatic rings. The van der Waals surface area contributed by atoms with Gasteiger partial charge in [0.2, 0.25) is 0 Å². The molecule has 1 aliphatic rings. The molecule has 0 bridgehead atoms. The lowest BCUT2D eigenvalue weighted by Gasteiger charge is -2.05. The maximum Gasteiger partial charge on any atom is 0.255 e. The molecule has 1 N–H and O–H groups in total. The largest absolute Gasteiger partial charge is 0.349 e. The Morgan fingerprint density at radius 1 is 1.56 bits per heavy atom. The van der Waals surface area contributed by atoms with E-state index in [2.05, 4.69) is 26.2 Å². The van der Waals surface area contributed by atoms with Crippen molar-refractivity contribution in [3.05, 3.63) is 34.7 Å². The lowest BCUT2D eigenvalue weighted by molar-refractivity contribution is 0.0952. The first-order chi connectivity index (χ1) is 7.74. The number of imidazole rings is 1. The predicted octanol–water partition coefficient (Wildman–Crippen LogP) is 1.99. The first-order valence-electron chi connectivity index (χ1n) is 5.17. The van der Waals surface area contributed by atoms with E-state index in [1.165, 1.54) is 0 Å². The molecule has 0 radical (unpaired) electrons. The summed E-state index contributed by atoms with van der Waals surface area (Å²) in [5, 5.41) is 2.97. The Labute approximate surface area is 101 Å². The number of nitrogens with one attached hydrogen (secondary N) is 1. The molecule has 5 heteroatoms. The van der Waals surface area contributed by atoms with Crippen molar-refractivity contribution in [2.24, 2.45) is 0 Å². The van der Waals surface area contributed by atoms with Crippen molar-refractivity contribution < 1.29 is 4.79 Å². The number of hydrogen-bond acceptors (Lipinski definition) is 2. The van der Waals surface area contributed by atoms with Crippen LogP contribution in [0.15, 0.2) is 29.1 Å². The van der Waals surface area contributed by atoms with E-state index < -0.39 is 0 Å². The molecule has 3 rings (SSSR count). The summed E-state index contributed by atoms with van der Waals surface area (Å²) in [6.07, 6.45) is 7.58. The lowest BCUT2D eigenvalue weighted by Crippen LogP contribution is -2.26. The number of carbonyl (C=O) groups excluding carboxylic acids is 1. The van der Waals surface area contributed by atoms with Gasteiger partial charge in [0.15, 0.2) is 0 Å². The number of aromatic nitrogens is 2. The van der Waals surface area contributed by atoms with Crippen LogP contribution in [-0.4, -0.2) is 21.3 Å². The van der Waals surface area contributed by atoms with Crippen LogP contribution in [0.5, 0.6) is 0 Å². The van der Waals surface area contributed by atoms with Gasteiger partial charge < -0.3 is 9.72 Å². The molecule has 0 spiro atoms. The molecule has 2 heterocycles. The monoisotopic (exact) mass is 279 g/mol. The predicted molar refractivity (Wildman–Crippen MR) is 63.4 cm³/mol. The molecule has 0 atom stereocenters. The average molecular weight is 280 g/mol. The van der Waals surface area contributed by atoms with Crippen LogP contribution in [0.2, 0.25) is 0 Å². The third kappa shape index (κ3) is 1.71. The third-order valence-corrected chi connectivity index (χ3v) is 3.05. The van der Waals surface area contributed by atoms with Gasteiger partial charge in [-0.05, 0) is 34.8 Å². The zero-order valence-corrected chi connectivity index (χ0v) is 10.1. The van der Waals surface area contributed by atoms with E-state index in [4.69, 9.17) is 0 Å². The SMILES string of the molecule is O=C(NC1CC1)c1cc(Br)cn2ccnc12. The molecular weight excluding hydrogens is 270 g/mol. The first kappa shape index (κ1) is 9.84. The molecule has 1 saturated carbocycles. The van der Waals surface area contributed by atoms with Crippen molar-refractivity contribution in [3.8, 4) is 0 Å². The fraction of sp³-hybridized carbons (Fsp3) is 0.273. The second-order valence-electron chi connectivity index (χ2n) is 3.98. The highest BCUT2D eigenvalue weighted by molar-refractivity contribution is 9.10. The molecule has 1 fully saturated rings. The van der Waals surface area contributed by atoms with Crippen molar-refractivity contribution in [1.29, 1.82) is 0 Å². The van der Waals surface area contributed by atoms with E-state index in [1.54, 1.807) is 12.3 Å². The second kappa shape index (κ2) is 3.59. The Morgan fingerprint density at radius 2 is 2.38 bits per heavy atom. The maximum atomic E-state index is 12.0. The smallest absolute Gasteiger partial charge is 0.255 e. The van der Waals surface area contributed by atoms with E-state index >= 15 is 0 Å². The average Bonchev–Trinajstić information content (AvgIpc) is 2.93. The molecular formula is C11H10BrN3O. The number of rotatable bonds is 2. The standard InChI is InChI=1S/C11H10BrN3O/c12-7-5-9(11(16)14-8-1-2-8)10-13-3-4-15(10)6-7/h3-6,8H,1-2H2,(H,14,16). The number of halogens is 1. The number of hydrogen-bond donors (Lipinski definition) is 1. The van der Waals surface area contributed by atoms with E-state index in [1.807, 2.05) is 16.8 Å². The van der Waals surface area contributed by atoms with E-state index in [0.29, 0.717) is 17.3 Å². The third-order valence-electron chi connectivity index (χ3n) is 2.61. The number of pyridine rings is 1. The Balaban J connectivity index is 2.05. The molecule has 0 unspecified atom stereocenters. The Kier molecular flexibility index (Phi) is 2.21. The highest BCUT2D eigenvalue weighted by Crippen LogP contribution is 2.21. The van der Waals surface area contributed by atoms with Crippen molar-refractivity contribution in [1.82, 2.24) is 14.7 Å². The highest BCUT2D eigenvalue weighted by Gasteiger charge is 2.25. The van der Waals surface area contributed by atoms with Gasteiger partial charge in [0.05, 0.1) is 5.56 Å². The molecule has 0 saturated heterocycles. The van der Waals surface area contributed by atoms with Crippen LogP contribution in [0.25, 0.3) is 5.65 Å². The molecule has 0 aromatic carbocycles. The van der Waals surface area contributed by atoms with Crippen molar-refractivity contribution in [2.45, 2.75) is 18.9 Å². The van der Waals surface area contributed by atoms with Gasteiger partial charge >= 0.3 is 0 Å². The van der Waals surface area contributed by atoms with Gasteiger partial charge in [-0.3, -0.25) is 4.79 Å². The first-order valence-corrected chi connectivity index (χ1v) is 5.96. The van der Waals surface area contributed by atoms with Crippen LogP contribution in [0.1, 0.15) is 23.2 Å². The molecule has 4 nitrogen and oxygen atoms in total. The fourth-order valence-corrected chi connectivity index (χ4v) is 2.11. The second-order valence-corrected chi connectivity index (χ2v) is 4.89. The van der Waals surface area contributed by atoms with Crippen LogP contribution < -0.4 is 5.32 Å². The number of carbonyl (C=O) groups is 1. The summed E-state index contributed by atoms with van der Waals surface area (Å²) in [5.41, 5.74) is 1.31. The minimum Gasteiger partial charge on any atom is -0.349 e. The maximum absolute atomic E-state index is 12.0. The quantitative estimate of drug-likeness (QED) is 0.914. The fourth-order valence-electron chi connectivity index (χ4n) is 1.66. The molecule has 16 heavy (non-hydrogen) atoms. The number of amides is 1. The van der Waals surface area contributed by atoms with Gasteiger partial charge in [-0.1, -0.05) is 0 Å². The summed E-state index contributed by atoms with van der Waals surface area (Å²) in [6.45, 7) is 0. The van der Waals surface area contributed by atoms with Crippen molar-refractivity contribution in [2.75, 3.05) is 0 Å². The summed E-state index contributed by atoms with van der Waals surface area (Å²) in [7, 11) is 0. The summed E-state index contributed by atoms with van der Waals surface area (Å²) < 4.78 is 2.71. The Bertz CT molecular complexity index is 559. The zero-order valence-electron chi connectivity index (χ0n) is 8.48. The zero-order chi connectivity index (χ0) is 11.1. The molecule has 1 aliphatic carbocycles. The lowest BCUT2D eigenvalue weighted by atomic mass is 10.2. The minimum absolute atomic E-state index is 0.0417. The number of nitrogens with zero attached hydrogens (tertiary/aromatic N) is 2. The van der Waals surface area contributed by atoms with Crippen LogP contribution in [0.3, 0.4) is 0 Å². The minimum atomic E-state index is -0.0417. The molecule has 0 aliphatic heterocycles. The van der Waals surface area contributed by atoms with Gasteiger partial charge in [0.25, 0.3) is 5.91 Å². The molecule has 2 aromatic heterocycles. The highest BCUT2D eigenvalue weighted by atomic mass is 79.9. The van der Waals surface area contributed by atoms with E-state index in [0.717, 1.165) is 17.3 Å². The van der Waals surface area contributed by atoms with Crippen LogP contribution >= 0.6 is 15.9 Å². The summed E-state index contributed by atoms with van der Waals surface area (Å²) in [6, 6.07) is 2.17.